The summed E-state index contributed by atoms with van der Waals surface area (Å²) in [4.78, 5) is 12.5. The highest BCUT2D eigenvalue weighted by atomic mass is 35.5. The number of Topliss-reactive ketones (excluding diaryl/α,β-unsaturated/α-hetero) is 1. The standard InChI is InChI=1S/C13H7ClF4OS/c14-12-4-2-8(20-12)6-11(19)7-1-3-10(15)9(5-7)13(16,17)18/h1-5H,6H2. The number of alkyl halides is 3. The summed E-state index contributed by atoms with van der Waals surface area (Å²) < 4.78 is 51.3. The molecule has 0 spiro atoms. The number of carbonyl (C=O) groups is 1. The Bertz CT molecular complexity index is 648. The van der Waals surface area contributed by atoms with E-state index in [0.29, 0.717) is 21.3 Å². The first-order valence-corrected chi connectivity index (χ1v) is 6.61. The van der Waals surface area contributed by atoms with Gasteiger partial charge in [-0.2, -0.15) is 13.2 Å². The van der Waals surface area contributed by atoms with E-state index in [0.717, 1.165) is 6.07 Å². The second-order valence-electron chi connectivity index (χ2n) is 4.00. The van der Waals surface area contributed by atoms with Crippen molar-refractivity contribution in [1.82, 2.24) is 0 Å². The highest BCUT2D eigenvalue weighted by molar-refractivity contribution is 7.16. The molecule has 2 rings (SSSR count). The average molecular weight is 323 g/mol. The minimum atomic E-state index is -4.83. The minimum absolute atomic E-state index is 0.0691. The molecule has 20 heavy (non-hydrogen) atoms. The number of rotatable bonds is 3. The first-order chi connectivity index (χ1) is 9.27. The maximum atomic E-state index is 13.1. The Labute approximate surface area is 120 Å². The monoisotopic (exact) mass is 322 g/mol. The summed E-state index contributed by atoms with van der Waals surface area (Å²) in [5.74, 6) is -1.91. The summed E-state index contributed by atoms with van der Waals surface area (Å²) in [7, 11) is 0. The van der Waals surface area contributed by atoms with Gasteiger partial charge in [-0.05, 0) is 30.3 Å². The van der Waals surface area contributed by atoms with Crippen molar-refractivity contribution in [2.75, 3.05) is 0 Å². The fraction of sp³-hybridized carbons (Fsp3) is 0.154. The second-order valence-corrected chi connectivity index (χ2v) is 5.80. The number of benzene rings is 1. The van der Waals surface area contributed by atoms with Gasteiger partial charge in [-0.15, -0.1) is 11.3 Å². The largest absolute Gasteiger partial charge is 0.419 e. The van der Waals surface area contributed by atoms with Crippen LogP contribution < -0.4 is 0 Å². The molecule has 0 aliphatic heterocycles. The summed E-state index contributed by atoms with van der Waals surface area (Å²) in [6.07, 6.45) is -4.90. The molecular formula is C13H7ClF4OS. The summed E-state index contributed by atoms with van der Waals surface area (Å²) in [5.41, 5.74) is -1.61. The maximum absolute atomic E-state index is 13.1. The predicted octanol–water partition coefficient (Wildman–Crippen LogP) is 4.98. The van der Waals surface area contributed by atoms with Gasteiger partial charge in [-0.3, -0.25) is 4.79 Å². The van der Waals surface area contributed by atoms with Gasteiger partial charge in [0, 0.05) is 16.9 Å². The van der Waals surface area contributed by atoms with Gasteiger partial charge >= 0.3 is 6.18 Å². The predicted molar refractivity (Wildman–Crippen MR) is 68.8 cm³/mol. The van der Waals surface area contributed by atoms with Crippen molar-refractivity contribution in [3.8, 4) is 0 Å². The zero-order chi connectivity index (χ0) is 14.9. The topological polar surface area (TPSA) is 17.1 Å². The molecular weight excluding hydrogens is 316 g/mol. The van der Waals surface area contributed by atoms with E-state index in [1.54, 1.807) is 12.1 Å². The van der Waals surface area contributed by atoms with E-state index in [-0.39, 0.29) is 12.0 Å². The normalized spacial score (nSPS) is 11.7. The molecule has 0 aliphatic carbocycles. The molecule has 0 N–H and O–H groups in total. The van der Waals surface area contributed by atoms with Gasteiger partial charge < -0.3 is 0 Å². The van der Waals surface area contributed by atoms with Crippen LogP contribution in [0.4, 0.5) is 17.6 Å². The molecule has 7 heteroatoms. The number of carbonyl (C=O) groups excluding carboxylic acids is 1. The molecule has 0 unspecified atom stereocenters. The van der Waals surface area contributed by atoms with Crippen LogP contribution in [0.25, 0.3) is 0 Å². The average Bonchev–Trinajstić information content (AvgIpc) is 2.73. The maximum Gasteiger partial charge on any atom is 0.419 e. The summed E-state index contributed by atoms with van der Waals surface area (Å²) >= 11 is 6.88. The van der Waals surface area contributed by atoms with Crippen LogP contribution in [0.15, 0.2) is 30.3 Å². The van der Waals surface area contributed by atoms with Crippen molar-refractivity contribution in [1.29, 1.82) is 0 Å². The number of halogens is 5. The molecule has 1 aromatic heterocycles. The Hall–Kier alpha value is -1.40. The van der Waals surface area contributed by atoms with Crippen LogP contribution in [-0.4, -0.2) is 5.78 Å². The van der Waals surface area contributed by atoms with Crippen LogP contribution in [0, 0.1) is 5.82 Å². The molecule has 106 valence electrons. The Morgan fingerprint density at radius 2 is 1.90 bits per heavy atom. The quantitative estimate of drug-likeness (QED) is 0.575. The van der Waals surface area contributed by atoms with Crippen LogP contribution in [0.3, 0.4) is 0 Å². The van der Waals surface area contributed by atoms with Gasteiger partial charge in [0.25, 0.3) is 0 Å². The summed E-state index contributed by atoms with van der Waals surface area (Å²) in [6.45, 7) is 0. The zero-order valence-electron chi connectivity index (χ0n) is 9.80. The first-order valence-electron chi connectivity index (χ1n) is 5.41. The van der Waals surface area contributed by atoms with Gasteiger partial charge in [0.1, 0.15) is 5.82 Å². The van der Waals surface area contributed by atoms with Crippen LogP contribution in [0.2, 0.25) is 4.34 Å². The molecule has 0 saturated heterocycles. The van der Waals surface area contributed by atoms with Crippen molar-refractivity contribution < 1.29 is 22.4 Å². The van der Waals surface area contributed by atoms with E-state index in [2.05, 4.69) is 0 Å². The number of ketones is 1. The third kappa shape index (κ3) is 3.37. The van der Waals surface area contributed by atoms with Crippen molar-refractivity contribution in [2.45, 2.75) is 12.6 Å². The lowest BCUT2D eigenvalue weighted by Gasteiger charge is -2.09. The van der Waals surface area contributed by atoms with Crippen molar-refractivity contribution in [3.05, 3.63) is 56.5 Å². The van der Waals surface area contributed by atoms with E-state index < -0.39 is 23.3 Å². The Balaban J connectivity index is 2.27. The summed E-state index contributed by atoms with van der Waals surface area (Å²) in [6, 6.07) is 5.45. The lowest BCUT2D eigenvalue weighted by molar-refractivity contribution is -0.140. The Kier molecular flexibility index (Phi) is 4.15. The zero-order valence-corrected chi connectivity index (χ0v) is 11.4. The molecule has 2 aromatic rings. The Morgan fingerprint density at radius 3 is 2.45 bits per heavy atom. The molecule has 0 saturated carbocycles. The third-order valence-corrected chi connectivity index (χ3v) is 3.79. The van der Waals surface area contributed by atoms with E-state index in [1.807, 2.05) is 0 Å². The SMILES string of the molecule is O=C(Cc1ccc(Cl)s1)c1ccc(F)c(C(F)(F)F)c1. The molecule has 0 bridgehead atoms. The second kappa shape index (κ2) is 5.54. The molecule has 0 amide bonds. The highest BCUT2D eigenvalue weighted by Crippen LogP contribution is 2.32. The third-order valence-electron chi connectivity index (χ3n) is 2.56. The van der Waals surface area contributed by atoms with E-state index in [1.165, 1.54) is 11.3 Å². The number of thiophene rings is 1. The first kappa shape index (κ1) is 15.0. The van der Waals surface area contributed by atoms with E-state index in [4.69, 9.17) is 11.6 Å². The van der Waals surface area contributed by atoms with E-state index >= 15 is 0 Å². The van der Waals surface area contributed by atoms with E-state index in [9.17, 15) is 22.4 Å². The van der Waals surface area contributed by atoms with Gasteiger partial charge in [-0.1, -0.05) is 11.6 Å². The van der Waals surface area contributed by atoms with Gasteiger partial charge in [0.05, 0.1) is 9.90 Å². The highest BCUT2D eigenvalue weighted by Gasteiger charge is 2.34. The molecule has 0 fully saturated rings. The smallest absolute Gasteiger partial charge is 0.294 e. The molecule has 0 radical (unpaired) electrons. The Morgan fingerprint density at radius 1 is 1.20 bits per heavy atom. The number of hydrogen-bond acceptors (Lipinski definition) is 2. The molecule has 1 aromatic carbocycles. The van der Waals surface area contributed by atoms with Crippen LogP contribution in [0.1, 0.15) is 20.8 Å². The summed E-state index contributed by atoms with van der Waals surface area (Å²) in [5, 5.41) is 0. The lowest BCUT2D eigenvalue weighted by Crippen LogP contribution is -2.11. The van der Waals surface area contributed by atoms with Crippen molar-refractivity contribution in [3.63, 3.8) is 0 Å². The van der Waals surface area contributed by atoms with Crippen molar-refractivity contribution >= 4 is 28.7 Å². The molecule has 0 aliphatic rings. The number of hydrogen-bond donors (Lipinski definition) is 0. The van der Waals surface area contributed by atoms with Gasteiger partial charge in [0.15, 0.2) is 5.78 Å². The molecule has 0 atom stereocenters. The van der Waals surface area contributed by atoms with Crippen LogP contribution in [-0.2, 0) is 12.6 Å². The molecule has 1 heterocycles. The minimum Gasteiger partial charge on any atom is -0.294 e. The van der Waals surface area contributed by atoms with Crippen molar-refractivity contribution in [2.24, 2.45) is 0 Å². The van der Waals surface area contributed by atoms with Crippen LogP contribution >= 0.6 is 22.9 Å². The van der Waals surface area contributed by atoms with Crippen LogP contribution in [0.5, 0.6) is 0 Å². The fourth-order valence-electron chi connectivity index (χ4n) is 1.62. The molecule has 1 nitrogen and oxygen atoms in total. The lowest BCUT2D eigenvalue weighted by atomic mass is 10.0. The van der Waals surface area contributed by atoms with Gasteiger partial charge in [0.2, 0.25) is 0 Å². The van der Waals surface area contributed by atoms with Gasteiger partial charge in [-0.25, -0.2) is 4.39 Å². The fourth-order valence-corrected chi connectivity index (χ4v) is 2.71.